The minimum Gasteiger partial charge on any atom is -0.378 e. The van der Waals surface area contributed by atoms with Crippen LogP contribution >= 0.6 is 11.8 Å². The van der Waals surface area contributed by atoms with Crippen LogP contribution in [0.3, 0.4) is 0 Å². The van der Waals surface area contributed by atoms with E-state index in [0.717, 1.165) is 17.7 Å². The van der Waals surface area contributed by atoms with Crippen molar-refractivity contribution in [1.29, 1.82) is 0 Å². The number of carbonyl (C=O) groups is 1. The highest BCUT2D eigenvalue weighted by Gasteiger charge is 2.19. The van der Waals surface area contributed by atoms with Gasteiger partial charge >= 0.3 is 0 Å². The second-order valence-corrected chi connectivity index (χ2v) is 6.98. The predicted octanol–water partition coefficient (Wildman–Crippen LogP) is 1.73. The molecule has 1 atom stereocenters. The van der Waals surface area contributed by atoms with Crippen molar-refractivity contribution < 1.29 is 4.79 Å². The van der Waals surface area contributed by atoms with Crippen molar-refractivity contribution in [3.05, 3.63) is 24.3 Å². The van der Waals surface area contributed by atoms with Crippen LogP contribution in [0.5, 0.6) is 0 Å². The maximum Gasteiger partial charge on any atom is 0.233 e. The second kappa shape index (κ2) is 8.05. The van der Waals surface area contributed by atoms with E-state index in [4.69, 9.17) is 5.84 Å². The number of amides is 1. The fourth-order valence-corrected chi connectivity index (χ4v) is 2.88. The van der Waals surface area contributed by atoms with Crippen molar-refractivity contribution >= 4 is 23.4 Å². The van der Waals surface area contributed by atoms with Crippen LogP contribution in [0.15, 0.2) is 29.4 Å². The summed E-state index contributed by atoms with van der Waals surface area (Å²) in [7, 11) is 3.95. The van der Waals surface area contributed by atoms with E-state index in [0.29, 0.717) is 17.5 Å². The van der Waals surface area contributed by atoms with E-state index in [1.807, 2.05) is 57.1 Å². The van der Waals surface area contributed by atoms with Crippen molar-refractivity contribution in [3.8, 4) is 11.4 Å². The molecule has 0 radical (unpaired) electrons. The first kappa shape index (κ1) is 18.1. The molecule has 0 fully saturated rings. The van der Waals surface area contributed by atoms with Crippen molar-refractivity contribution in [2.45, 2.75) is 30.7 Å². The number of nitrogen functional groups attached to an aromatic ring is 1. The number of hydrogen-bond acceptors (Lipinski definition) is 6. The molecule has 3 N–H and O–H groups in total. The number of hydrogen-bond donors (Lipinski definition) is 2. The Morgan fingerprint density at radius 1 is 1.42 bits per heavy atom. The SMILES string of the molecule is CCCNC(=O)[C@@H](C)Sc1nnc(-c2cccc(N(C)C)c2)n1N. The van der Waals surface area contributed by atoms with Crippen LogP contribution < -0.4 is 16.1 Å². The molecule has 0 bridgehead atoms. The Bertz CT molecular complexity index is 700. The predicted molar refractivity (Wildman–Crippen MR) is 98.6 cm³/mol. The van der Waals surface area contributed by atoms with Gasteiger partial charge in [-0.3, -0.25) is 4.79 Å². The molecule has 0 aliphatic carbocycles. The summed E-state index contributed by atoms with van der Waals surface area (Å²) in [5, 5.41) is 11.4. The summed E-state index contributed by atoms with van der Waals surface area (Å²) in [6.45, 7) is 4.51. The van der Waals surface area contributed by atoms with E-state index in [1.54, 1.807) is 0 Å². The minimum atomic E-state index is -0.288. The lowest BCUT2D eigenvalue weighted by Gasteiger charge is -2.13. The summed E-state index contributed by atoms with van der Waals surface area (Å²) in [6.07, 6.45) is 0.905. The van der Waals surface area contributed by atoms with Crippen molar-refractivity contribution in [2.24, 2.45) is 0 Å². The molecule has 130 valence electrons. The number of anilines is 1. The highest BCUT2D eigenvalue weighted by Crippen LogP contribution is 2.26. The third-order valence-corrected chi connectivity index (χ3v) is 4.54. The fraction of sp³-hybridized carbons (Fsp3) is 0.438. The van der Waals surface area contributed by atoms with Crippen LogP contribution in [0.2, 0.25) is 0 Å². The molecule has 2 aromatic rings. The lowest BCUT2D eigenvalue weighted by atomic mass is 10.2. The molecule has 1 heterocycles. The molecule has 1 aromatic carbocycles. The number of thioether (sulfide) groups is 1. The second-order valence-electron chi connectivity index (χ2n) is 5.67. The number of benzene rings is 1. The third-order valence-electron chi connectivity index (χ3n) is 3.49. The molecule has 0 unspecified atom stereocenters. The van der Waals surface area contributed by atoms with E-state index in [9.17, 15) is 4.79 Å². The van der Waals surface area contributed by atoms with Gasteiger partial charge in [0.15, 0.2) is 5.82 Å². The van der Waals surface area contributed by atoms with Gasteiger partial charge in [-0.2, -0.15) is 0 Å². The summed E-state index contributed by atoms with van der Waals surface area (Å²) in [5.74, 6) is 6.68. The van der Waals surface area contributed by atoms with Crippen LogP contribution in [-0.2, 0) is 4.79 Å². The molecule has 24 heavy (non-hydrogen) atoms. The quantitative estimate of drug-likeness (QED) is 0.585. The number of carbonyl (C=O) groups excluding carboxylic acids is 1. The monoisotopic (exact) mass is 348 g/mol. The summed E-state index contributed by atoms with van der Waals surface area (Å²) in [5.41, 5.74) is 1.93. The smallest absolute Gasteiger partial charge is 0.233 e. The van der Waals surface area contributed by atoms with Gasteiger partial charge in [0.05, 0.1) is 5.25 Å². The lowest BCUT2D eigenvalue weighted by Crippen LogP contribution is -2.31. The molecule has 0 saturated heterocycles. The minimum absolute atomic E-state index is 0.0268. The average Bonchev–Trinajstić information content (AvgIpc) is 2.93. The van der Waals surface area contributed by atoms with Crippen LogP contribution in [0, 0.1) is 0 Å². The molecule has 8 heteroatoms. The first-order valence-corrected chi connectivity index (χ1v) is 8.74. The highest BCUT2D eigenvalue weighted by molar-refractivity contribution is 8.00. The van der Waals surface area contributed by atoms with Gasteiger partial charge in [-0.25, -0.2) is 4.68 Å². The van der Waals surface area contributed by atoms with Gasteiger partial charge in [0.25, 0.3) is 0 Å². The third kappa shape index (κ3) is 4.19. The van der Waals surface area contributed by atoms with Crippen molar-refractivity contribution in [3.63, 3.8) is 0 Å². The molecule has 0 spiro atoms. The van der Waals surface area contributed by atoms with E-state index in [1.165, 1.54) is 16.4 Å². The van der Waals surface area contributed by atoms with Gasteiger partial charge in [0.2, 0.25) is 11.1 Å². The average molecular weight is 348 g/mol. The number of nitrogens with one attached hydrogen (secondary N) is 1. The Labute approximate surface area is 146 Å². The Kier molecular flexibility index (Phi) is 6.08. The van der Waals surface area contributed by atoms with E-state index in [-0.39, 0.29) is 11.2 Å². The van der Waals surface area contributed by atoms with E-state index < -0.39 is 0 Å². The topological polar surface area (TPSA) is 89.1 Å². The highest BCUT2D eigenvalue weighted by atomic mass is 32.2. The zero-order chi connectivity index (χ0) is 17.7. The maximum absolute atomic E-state index is 12.0. The molecule has 7 nitrogen and oxygen atoms in total. The standard InChI is InChI=1S/C16H24N6OS/c1-5-9-18-15(23)11(2)24-16-20-19-14(22(16)17)12-7-6-8-13(10-12)21(3)4/h6-8,10-11H,5,9,17H2,1-4H3,(H,18,23)/t11-/m1/s1. The van der Waals surface area contributed by atoms with E-state index >= 15 is 0 Å². The number of aromatic nitrogens is 3. The molecule has 1 aromatic heterocycles. The summed E-state index contributed by atoms with van der Waals surface area (Å²) in [6, 6.07) is 7.90. The van der Waals surface area contributed by atoms with Crippen molar-refractivity contribution in [2.75, 3.05) is 31.4 Å². The zero-order valence-corrected chi connectivity index (χ0v) is 15.3. The first-order valence-electron chi connectivity index (χ1n) is 7.86. The van der Waals surface area contributed by atoms with Crippen molar-refractivity contribution in [1.82, 2.24) is 20.2 Å². The first-order chi connectivity index (χ1) is 11.4. The van der Waals surface area contributed by atoms with Gasteiger partial charge < -0.3 is 16.1 Å². The molecular weight excluding hydrogens is 324 g/mol. The molecule has 1 amide bonds. The molecule has 0 saturated carbocycles. The van der Waals surface area contributed by atoms with Crippen LogP contribution in [0.1, 0.15) is 20.3 Å². The molecular formula is C16H24N6OS. The molecule has 2 rings (SSSR count). The number of rotatable bonds is 7. The van der Waals surface area contributed by atoms with Gasteiger partial charge in [-0.1, -0.05) is 30.8 Å². The fourth-order valence-electron chi connectivity index (χ4n) is 2.08. The Morgan fingerprint density at radius 3 is 2.83 bits per heavy atom. The summed E-state index contributed by atoms with van der Waals surface area (Å²) < 4.78 is 1.43. The van der Waals surface area contributed by atoms with Gasteiger partial charge in [0.1, 0.15) is 0 Å². The molecule has 0 aliphatic heterocycles. The van der Waals surface area contributed by atoms with Gasteiger partial charge in [0, 0.05) is 31.9 Å². The Morgan fingerprint density at radius 2 is 2.17 bits per heavy atom. The van der Waals surface area contributed by atoms with Crippen LogP contribution in [0.4, 0.5) is 5.69 Å². The number of nitrogens with zero attached hydrogens (tertiary/aromatic N) is 4. The van der Waals surface area contributed by atoms with Gasteiger partial charge in [-0.05, 0) is 25.5 Å². The summed E-state index contributed by atoms with van der Waals surface area (Å²) in [4.78, 5) is 14.0. The van der Waals surface area contributed by atoms with E-state index in [2.05, 4.69) is 15.5 Å². The Balaban J connectivity index is 2.16. The number of nitrogens with two attached hydrogens (primary N) is 1. The maximum atomic E-state index is 12.0. The molecule has 0 aliphatic rings. The van der Waals surface area contributed by atoms with Gasteiger partial charge in [-0.15, -0.1) is 10.2 Å². The Hall–Kier alpha value is -2.22. The summed E-state index contributed by atoms with van der Waals surface area (Å²) >= 11 is 1.30. The lowest BCUT2D eigenvalue weighted by molar-refractivity contribution is -0.120. The normalized spacial score (nSPS) is 12.0. The van der Waals surface area contributed by atoms with Crippen LogP contribution in [-0.4, -0.2) is 46.7 Å². The zero-order valence-electron chi connectivity index (χ0n) is 14.5. The van der Waals surface area contributed by atoms with Crippen LogP contribution in [0.25, 0.3) is 11.4 Å². The largest absolute Gasteiger partial charge is 0.378 e.